The van der Waals surface area contributed by atoms with Crippen LogP contribution < -0.4 is 5.32 Å². The highest BCUT2D eigenvalue weighted by Gasteiger charge is 2.43. The number of nitrogens with two attached hydrogens (primary N) is 1. The molecule has 2 aliphatic rings. The summed E-state index contributed by atoms with van der Waals surface area (Å²) in [7, 11) is 0. The molecule has 62 valence electrons. The van der Waals surface area contributed by atoms with E-state index < -0.39 is 5.97 Å². The van der Waals surface area contributed by atoms with Gasteiger partial charge in [0.15, 0.2) is 6.04 Å². The van der Waals surface area contributed by atoms with Crippen LogP contribution in [0.3, 0.4) is 0 Å². The number of fused-ring (bicyclic) bond motifs is 1. The first-order chi connectivity index (χ1) is 5.27. The van der Waals surface area contributed by atoms with Crippen LogP contribution >= 0.6 is 0 Å². The van der Waals surface area contributed by atoms with E-state index in [0.717, 1.165) is 6.42 Å². The molecule has 3 heteroatoms. The van der Waals surface area contributed by atoms with Gasteiger partial charge >= 0.3 is 5.97 Å². The van der Waals surface area contributed by atoms with E-state index in [4.69, 9.17) is 5.11 Å². The Labute approximate surface area is 65.8 Å². The number of carbonyl (C=O) groups is 1. The minimum atomic E-state index is -0.626. The minimum absolute atomic E-state index is 0.134. The first-order valence-corrected chi connectivity index (χ1v) is 4.35. The monoisotopic (exact) mass is 156 g/mol. The zero-order valence-corrected chi connectivity index (χ0v) is 6.49. The lowest BCUT2D eigenvalue weighted by Gasteiger charge is -2.03. The van der Waals surface area contributed by atoms with Crippen molar-refractivity contribution in [1.29, 1.82) is 0 Å². The first kappa shape index (κ1) is 7.10. The molecule has 11 heavy (non-hydrogen) atoms. The molecule has 0 amide bonds. The molecule has 1 aliphatic heterocycles. The molecule has 3 atom stereocenters. The summed E-state index contributed by atoms with van der Waals surface area (Å²) in [4.78, 5) is 10.6. The molecule has 0 aromatic carbocycles. The molecule has 3 unspecified atom stereocenters. The van der Waals surface area contributed by atoms with Crippen molar-refractivity contribution in [2.75, 3.05) is 0 Å². The van der Waals surface area contributed by atoms with E-state index in [9.17, 15) is 4.79 Å². The second-order valence-corrected chi connectivity index (χ2v) is 3.73. The van der Waals surface area contributed by atoms with Gasteiger partial charge in [0.25, 0.3) is 0 Å². The molecule has 3 N–H and O–H groups in total. The SMILES string of the molecule is O=C(O)C1CC2CCCC2[NH2+]1. The fraction of sp³-hybridized carbons (Fsp3) is 0.875. The standard InChI is InChI=1S/C8H13NO2/c10-8(11)7-4-5-2-1-3-6(5)9-7/h5-7,9H,1-4H2,(H,10,11)/p+1. The van der Waals surface area contributed by atoms with Crippen LogP contribution in [-0.4, -0.2) is 23.2 Å². The zero-order chi connectivity index (χ0) is 7.84. The summed E-state index contributed by atoms with van der Waals surface area (Å²) in [5.41, 5.74) is 0. The zero-order valence-electron chi connectivity index (χ0n) is 6.49. The number of carboxylic acids is 1. The Kier molecular flexibility index (Phi) is 1.60. The van der Waals surface area contributed by atoms with Crippen LogP contribution in [0.4, 0.5) is 0 Å². The average Bonchev–Trinajstić information content (AvgIpc) is 2.40. The van der Waals surface area contributed by atoms with E-state index in [1.165, 1.54) is 19.3 Å². The smallest absolute Gasteiger partial charge is 0.362 e. The molecule has 3 nitrogen and oxygen atoms in total. The van der Waals surface area contributed by atoms with E-state index in [2.05, 4.69) is 5.32 Å². The van der Waals surface area contributed by atoms with E-state index in [-0.39, 0.29) is 6.04 Å². The number of aliphatic carboxylic acids is 1. The third-order valence-corrected chi connectivity index (χ3v) is 3.07. The summed E-state index contributed by atoms with van der Waals surface area (Å²) in [6, 6.07) is 0.501. The van der Waals surface area contributed by atoms with Crippen LogP contribution in [-0.2, 0) is 4.79 Å². The van der Waals surface area contributed by atoms with E-state index in [1.807, 2.05) is 0 Å². The van der Waals surface area contributed by atoms with Crippen molar-refractivity contribution in [1.82, 2.24) is 0 Å². The molecule has 0 aromatic heterocycles. The summed E-state index contributed by atoms with van der Waals surface area (Å²) in [6.07, 6.45) is 4.69. The fourth-order valence-corrected chi connectivity index (χ4v) is 2.50. The number of hydrogen-bond acceptors (Lipinski definition) is 1. The molecule has 0 bridgehead atoms. The van der Waals surface area contributed by atoms with Gasteiger partial charge in [0, 0.05) is 12.3 Å². The molecule has 1 saturated carbocycles. The Bertz CT molecular complexity index is 169. The third-order valence-electron chi connectivity index (χ3n) is 3.07. The Hall–Kier alpha value is -0.570. The average molecular weight is 156 g/mol. The van der Waals surface area contributed by atoms with Crippen LogP contribution in [0.15, 0.2) is 0 Å². The van der Waals surface area contributed by atoms with Gasteiger partial charge in [-0.05, 0) is 19.3 Å². The van der Waals surface area contributed by atoms with Gasteiger partial charge in [-0.2, -0.15) is 0 Å². The lowest BCUT2D eigenvalue weighted by atomic mass is 10.0. The minimum Gasteiger partial charge on any atom is -0.477 e. The Morgan fingerprint density at radius 2 is 2.27 bits per heavy atom. The van der Waals surface area contributed by atoms with Crippen LogP contribution in [0.25, 0.3) is 0 Å². The van der Waals surface area contributed by atoms with E-state index >= 15 is 0 Å². The summed E-state index contributed by atoms with van der Waals surface area (Å²) in [5.74, 6) is 0.0792. The van der Waals surface area contributed by atoms with E-state index in [0.29, 0.717) is 12.0 Å². The van der Waals surface area contributed by atoms with E-state index in [1.54, 1.807) is 0 Å². The van der Waals surface area contributed by atoms with Crippen LogP contribution in [0.5, 0.6) is 0 Å². The predicted molar refractivity (Wildman–Crippen MR) is 39.1 cm³/mol. The highest BCUT2D eigenvalue weighted by Crippen LogP contribution is 2.30. The van der Waals surface area contributed by atoms with Crippen LogP contribution in [0, 0.1) is 5.92 Å². The number of quaternary nitrogens is 1. The van der Waals surface area contributed by atoms with Crippen molar-refractivity contribution in [2.24, 2.45) is 5.92 Å². The molecule has 2 fully saturated rings. The van der Waals surface area contributed by atoms with Crippen molar-refractivity contribution in [3.8, 4) is 0 Å². The summed E-state index contributed by atoms with van der Waals surface area (Å²) in [6.45, 7) is 0. The lowest BCUT2D eigenvalue weighted by molar-refractivity contribution is -0.692. The van der Waals surface area contributed by atoms with Crippen molar-refractivity contribution < 1.29 is 15.2 Å². The Morgan fingerprint density at radius 3 is 2.91 bits per heavy atom. The topological polar surface area (TPSA) is 53.9 Å². The number of carboxylic acid groups (broad SMARTS) is 1. The largest absolute Gasteiger partial charge is 0.477 e. The van der Waals surface area contributed by atoms with Gasteiger partial charge in [-0.15, -0.1) is 0 Å². The van der Waals surface area contributed by atoms with Gasteiger partial charge in [0.2, 0.25) is 0 Å². The molecule has 1 saturated heterocycles. The number of hydrogen-bond donors (Lipinski definition) is 2. The van der Waals surface area contributed by atoms with Gasteiger partial charge < -0.3 is 10.4 Å². The van der Waals surface area contributed by atoms with Crippen molar-refractivity contribution >= 4 is 5.97 Å². The molecule has 0 radical (unpaired) electrons. The van der Waals surface area contributed by atoms with Crippen LogP contribution in [0.1, 0.15) is 25.7 Å². The molecule has 1 heterocycles. The normalized spacial score (nSPS) is 42.4. The Morgan fingerprint density at radius 1 is 1.45 bits per heavy atom. The third kappa shape index (κ3) is 1.13. The van der Waals surface area contributed by atoms with Gasteiger partial charge in [0.05, 0.1) is 6.04 Å². The summed E-state index contributed by atoms with van der Waals surface area (Å²) < 4.78 is 0. The number of rotatable bonds is 1. The fourth-order valence-electron chi connectivity index (χ4n) is 2.50. The molecule has 0 spiro atoms. The first-order valence-electron chi connectivity index (χ1n) is 4.35. The molecule has 1 aliphatic carbocycles. The highest BCUT2D eigenvalue weighted by atomic mass is 16.4. The van der Waals surface area contributed by atoms with Gasteiger partial charge in [-0.3, -0.25) is 0 Å². The van der Waals surface area contributed by atoms with Crippen molar-refractivity contribution in [2.45, 2.75) is 37.8 Å². The molecule has 0 aromatic rings. The van der Waals surface area contributed by atoms with Crippen LogP contribution in [0.2, 0.25) is 0 Å². The maximum absolute atomic E-state index is 10.6. The summed E-state index contributed by atoms with van der Waals surface area (Å²) in [5, 5.41) is 10.8. The van der Waals surface area contributed by atoms with Gasteiger partial charge in [-0.1, -0.05) is 0 Å². The molecular weight excluding hydrogens is 142 g/mol. The van der Waals surface area contributed by atoms with Gasteiger partial charge in [0.1, 0.15) is 0 Å². The van der Waals surface area contributed by atoms with Crippen molar-refractivity contribution in [3.05, 3.63) is 0 Å². The maximum atomic E-state index is 10.6. The maximum Gasteiger partial charge on any atom is 0.362 e. The van der Waals surface area contributed by atoms with Gasteiger partial charge in [-0.25, -0.2) is 4.79 Å². The predicted octanol–water partition coefficient (Wildman–Crippen LogP) is -0.425. The molecule has 2 rings (SSSR count). The second-order valence-electron chi connectivity index (χ2n) is 3.73. The molecular formula is C8H14NO2+. The highest BCUT2D eigenvalue weighted by molar-refractivity contribution is 5.71. The van der Waals surface area contributed by atoms with Crippen molar-refractivity contribution in [3.63, 3.8) is 0 Å². The summed E-state index contributed by atoms with van der Waals surface area (Å²) >= 11 is 0. The lowest BCUT2D eigenvalue weighted by Crippen LogP contribution is -2.93. The second kappa shape index (κ2) is 2.48. The Balaban J connectivity index is 1.99. The quantitative estimate of drug-likeness (QED) is 0.541.